The van der Waals surface area contributed by atoms with Gasteiger partial charge in [0, 0.05) is 11.1 Å². The second kappa shape index (κ2) is 6.41. The highest BCUT2D eigenvalue weighted by atomic mass is 35.5. The van der Waals surface area contributed by atoms with Gasteiger partial charge in [0.2, 0.25) is 0 Å². The molecular weight excluding hydrogens is 248 g/mol. The number of nitrogens with two attached hydrogens (primary N) is 1. The molecule has 2 rings (SSSR count). The van der Waals surface area contributed by atoms with E-state index in [0.717, 1.165) is 35.1 Å². The topological polar surface area (TPSA) is 47.3 Å². The molecule has 1 aliphatic carbocycles. The molecule has 1 aliphatic rings. The fourth-order valence-corrected chi connectivity index (χ4v) is 2.71. The first-order valence-corrected chi connectivity index (χ1v) is 6.89. The lowest BCUT2D eigenvalue weighted by Gasteiger charge is -2.29. The zero-order chi connectivity index (χ0) is 13.0. The van der Waals surface area contributed by atoms with Crippen molar-refractivity contribution in [3.8, 4) is 5.75 Å². The Morgan fingerprint density at radius 3 is 2.83 bits per heavy atom. The monoisotopic (exact) mass is 268 g/mol. The Balaban J connectivity index is 2.02. The molecule has 1 aromatic rings. The first kappa shape index (κ1) is 13.7. The quantitative estimate of drug-likeness (QED) is 0.616. The van der Waals surface area contributed by atoms with Crippen LogP contribution in [-0.4, -0.2) is 13.2 Å². The molecule has 18 heavy (non-hydrogen) atoms. The maximum Gasteiger partial charge on any atom is 0.122 e. The summed E-state index contributed by atoms with van der Waals surface area (Å²) in [6.07, 6.45) is 6.03. The summed E-state index contributed by atoms with van der Waals surface area (Å²) >= 11 is 6.04. The van der Waals surface area contributed by atoms with E-state index < -0.39 is 0 Å². The van der Waals surface area contributed by atoms with Gasteiger partial charge in [0.15, 0.2) is 0 Å². The summed E-state index contributed by atoms with van der Waals surface area (Å²) in [7, 11) is 1.68. The molecule has 0 aliphatic heterocycles. The van der Waals surface area contributed by atoms with Crippen LogP contribution < -0.4 is 16.0 Å². The molecule has 4 heteroatoms. The average Bonchev–Trinajstić information content (AvgIpc) is 2.32. The molecule has 1 fully saturated rings. The van der Waals surface area contributed by atoms with E-state index in [1.165, 1.54) is 19.3 Å². The fraction of sp³-hybridized carbons (Fsp3) is 0.571. The summed E-state index contributed by atoms with van der Waals surface area (Å²) in [4.78, 5) is 0. The molecule has 0 radical (unpaired) electrons. The number of hydrogen-bond donors (Lipinski definition) is 2. The number of methoxy groups -OCH3 is 1. The molecule has 0 amide bonds. The summed E-state index contributed by atoms with van der Waals surface area (Å²) in [5, 5.41) is 0.741. The normalized spacial score (nSPS) is 17.3. The third kappa shape index (κ3) is 3.37. The van der Waals surface area contributed by atoms with Crippen LogP contribution >= 0.6 is 11.6 Å². The number of hydrazine groups is 1. The number of hydrogen-bond acceptors (Lipinski definition) is 3. The first-order valence-electron chi connectivity index (χ1n) is 6.51. The zero-order valence-electron chi connectivity index (χ0n) is 10.8. The number of halogens is 1. The highest BCUT2D eigenvalue weighted by Gasteiger charge is 2.22. The Morgan fingerprint density at radius 2 is 2.28 bits per heavy atom. The van der Waals surface area contributed by atoms with E-state index in [1.54, 1.807) is 7.11 Å². The molecule has 3 nitrogen and oxygen atoms in total. The zero-order valence-corrected chi connectivity index (χ0v) is 11.5. The number of nitrogens with one attached hydrogen (secondary N) is 1. The van der Waals surface area contributed by atoms with Gasteiger partial charge >= 0.3 is 0 Å². The van der Waals surface area contributed by atoms with Crippen molar-refractivity contribution in [2.24, 2.45) is 11.8 Å². The van der Waals surface area contributed by atoms with Gasteiger partial charge < -0.3 is 4.74 Å². The third-order valence-electron chi connectivity index (χ3n) is 3.79. The second-order valence-electron chi connectivity index (χ2n) is 5.06. The molecule has 1 atom stereocenters. The van der Waals surface area contributed by atoms with Crippen molar-refractivity contribution in [1.82, 2.24) is 5.43 Å². The van der Waals surface area contributed by atoms with Crippen molar-refractivity contribution in [2.75, 3.05) is 7.11 Å². The molecule has 0 aromatic heterocycles. The number of ether oxygens (including phenoxy) is 1. The summed E-state index contributed by atoms with van der Waals surface area (Å²) in [5.41, 5.74) is 4.04. The van der Waals surface area contributed by atoms with Crippen LogP contribution in [0.15, 0.2) is 18.2 Å². The molecule has 3 N–H and O–H groups in total. The van der Waals surface area contributed by atoms with E-state index in [-0.39, 0.29) is 0 Å². The van der Waals surface area contributed by atoms with Crippen LogP contribution in [0.5, 0.6) is 5.75 Å². The van der Waals surface area contributed by atoms with Gasteiger partial charge in [0.1, 0.15) is 5.75 Å². The van der Waals surface area contributed by atoms with E-state index in [0.29, 0.717) is 6.04 Å². The van der Waals surface area contributed by atoms with Gasteiger partial charge in [-0.1, -0.05) is 30.9 Å². The van der Waals surface area contributed by atoms with Gasteiger partial charge in [0.25, 0.3) is 0 Å². The number of rotatable bonds is 6. The molecule has 1 unspecified atom stereocenters. The number of benzene rings is 1. The van der Waals surface area contributed by atoms with Crippen LogP contribution in [0.4, 0.5) is 0 Å². The molecule has 0 bridgehead atoms. The van der Waals surface area contributed by atoms with Crippen molar-refractivity contribution in [3.05, 3.63) is 28.8 Å². The Kier molecular flexibility index (Phi) is 4.87. The van der Waals surface area contributed by atoms with E-state index in [1.807, 2.05) is 18.2 Å². The molecule has 0 spiro atoms. The predicted molar refractivity (Wildman–Crippen MR) is 74.8 cm³/mol. The van der Waals surface area contributed by atoms with Crippen LogP contribution in [0.3, 0.4) is 0 Å². The van der Waals surface area contributed by atoms with Gasteiger partial charge in [-0.25, -0.2) is 0 Å². The average molecular weight is 269 g/mol. The summed E-state index contributed by atoms with van der Waals surface area (Å²) in [6.45, 7) is 0. The van der Waals surface area contributed by atoms with Crippen LogP contribution in [0, 0.1) is 5.92 Å². The highest BCUT2D eigenvalue weighted by molar-refractivity contribution is 6.30. The molecule has 0 heterocycles. The molecule has 1 aromatic carbocycles. The lowest BCUT2D eigenvalue weighted by atomic mass is 9.80. The van der Waals surface area contributed by atoms with Crippen LogP contribution in [0.2, 0.25) is 5.02 Å². The molecule has 100 valence electrons. The second-order valence-corrected chi connectivity index (χ2v) is 5.49. The van der Waals surface area contributed by atoms with Gasteiger partial charge in [-0.05, 0) is 42.5 Å². The van der Waals surface area contributed by atoms with Crippen LogP contribution in [0.25, 0.3) is 0 Å². The van der Waals surface area contributed by atoms with Crippen molar-refractivity contribution in [3.63, 3.8) is 0 Å². The van der Waals surface area contributed by atoms with E-state index in [4.69, 9.17) is 22.2 Å². The highest BCUT2D eigenvalue weighted by Crippen LogP contribution is 2.32. The van der Waals surface area contributed by atoms with E-state index in [9.17, 15) is 0 Å². The van der Waals surface area contributed by atoms with Crippen molar-refractivity contribution in [2.45, 2.75) is 38.1 Å². The Morgan fingerprint density at radius 1 is 1.50 bits per heavy atom. The molecular formula is C14H21ClN2O. The SMILES string of the molecule is COc1ccc(Cl)cc1CC(CC1CCC1)NN. The minimum Gasteiger partial charge on any atom is -0.496 e. The lowest BCUT2D eigenvalue weighted by Crippen LogP contribution is -2.39. The summed E-state index contributed by atoms with van der Waals surface area (Å²) in [6, 6.07) is 6.02. The van der Waals surface area contributed by atoms with Crippen LogP contribution in [-0.2, 0) is 6.42 Å². The minimum atomic E-state index is 0.294. The Hall–Kier alpha value is -0.770. The summed E-state index contributed by atoms with van der Waals surface area (Å²) in [5.74, 6) is 7.37. The van der Waals surface area contributed by atoms with Gasteiger partial charge in [-0.3, -0.25) is 11.3 Å². The van der Waals surface area contributed by atoms with E-state index in [2.05, 4.69) is 5.43 Å². The maximum absolute atomic E-state index is 6.04. The van der Waals surface area contributed by atoms with Gasteiger partial charge in [-0.15, -0.1) is 0 Å². The predicted octanol–water partition coefficient (Wildman–Crippen LogP) is 2.91. The van der Waals surface area contributed by atoms with Crippen molar-refractivity contribution < 1.29 is 4.74 Å². The first-order chi connectivity index (χ1) is 8.72. The fourth-order valence-electron chi connectivity index (χ4n) is 2.51. The smallest absolute Gasteiger partial charge is 0.122 e. The Labute approximate surface area is 114 Å². The molecule has 1 saturated carbocycles. The van der Waals surface area contributed by atoms with Crippen molar-refractivity contribution >= 4 is 11.6 Å². The standard InChI is InChI=1S/C14H21ClN2O/c1-18-14-6-5-12(15)8-11(14)9-13(17-16)7-10-3-2-4-10/h5-6,8,10,13,17H,2-4,7,9,16H2,1H3. The van der Waals surface area contributed by atoms with Gasteiger partial charge in [0.05, 0.1) is 7.11 Å². The van der Waals surface area contributed by atoms with E-state index >= 15 is 0 Å². The van der Waals surface area contributed by atoms with Gasteiger partial charge in [-0.2, -0.15) is 0 Å². The summed E-state index contributed by atoms with van der Waals surface area (Å²) < 4.78 is 5.36. The lowest BCUT2D eigenvalue weighted by molar-refractivity contribution is 0.259. The minimum absolute atomic E-state index is 0.294. The van der Waals surface area contributed by atoms with Crippen LogP contribution in [0.1, 0.15) is 31.2 Å². The molecule has 0 saturated heterocycles. The third-order valence-corrected chi connectivity index (χ3v) is 4.02. The maximum atomic E-state index is 6.04. The largest absolute Gasteiger partial charge is 0.496 e. The van der Waals surface area contributed by atoms with Crippen molar-refractivity contribution in [1.29, 1.82) is 0 Å². The Bertz CT molecular complexity index is 393.